The largest absolute Gasteiger partial charge is 0.438 e. The Morgan fingerprint density at radius 2 is 2.30 bits per heavy atom. The SMILES string of the molecule is Cc1ncoc1C(=O)N1CCc2[nH]cnc2[C@@H]1c1cc2c(F)cccn2n1. The van der Waals surface area contributed by atoms with Crippen LogP contribution in [0, 0.1) is 12.7 Å². The smallest absolute Gasteiger partial charge is 0.292 e. The van der Waals surface area contributed by atoms with Crippen molar-refractivity contribution in [2.45, 2.75) is 19.4 Å². The Morgan fingerprint density at radius 3 is 3.07 bits per heavy atom. The molecule has 0 bridgehead atoms. The lowest BCUT2D eigenvalue weighted by molar-refractivity contribution is 0.0653. The predicted octanol–water partition coefficient (Wildman–Crippen LogP) is 2.28. The molecule has 0 fully saturated rings. The first kappa shape index (κ1) is 15.7. The van der Waals surface area contributed by atoms with Crippen molar-refractivity contribution >= 4 is 11.4 Å². The van der Waals surface area contributed by atoms with Gasteiger partial charge in [-0.15, -0.1) is 0 Å². The zero-order chi connectivity index (χ0) is 18.5. The predicted molar refractivity (Wildman–Crippen MR) is 91.6 cm³/mol. The van der Waals surface area contributed by atoms with Crippen molar-refractivity contribution in [3.8, 4) is 0 Å². The molecule has 0 unspecified atom stereocenters. The third kappa shape index (κ3) is 2.35. The number of pyridine rings is 1. The molecule has 5 heterocycles. The molecule has 0 radical (unpaired) electrons. The van der Waals surface area contributed by atoms with Crippen LogP contribution in [0.1, 0.15) is 39.4 Å². The van der Waals surface area contributed by atoms with E-state index in [1.165, 1.54) is 17.0 Å². The van der Waals surface area contributed by atoms with E-state index < -0.39 is 6.04 Å². The van der Waals surface area contributed by atoms with Crippen LogP contribution in [0.15, 0.2) is 41.5 Å². The molecule has 136 valence electrons. The number of aryl methyl sites for hydroxylation is 1. The fourth-order valence-corrected chi connectivity index (χ4v) is 3.57. The number of imidazole rings is 1. The van der Waals surface area contributed by atoms with Gasteiger partial charge >= 0.3 is 0 Å². The van der Waals surface area contributed by atoms with Gasteiger partial charge in [0.15, 0.2) is 6.39 Å². The number of carbonyl (C=O) groups is 1. The molecule has 4 aromatic rings. The average molecular weight is 366 g/mol. The van der Waals surface area contributed by atoms with E-state index in [1.807, 2.05) is 0 Å². The second kappa shape index (κ2) is 5.76. The van der Waals surface area contributed by atoms with E-state index in [4.69, 9.17) is 4.42 Å². The number of hydrogen-bond donors (Lipinski definition) is 1. The van der Waals surface area contributed by atoms with Gasteiger partial charge in [-0.25, -0.2) is 18.9 Å². The lowest BCUT2D eigenvalue weighted by atomic mass is 9.99. The summed E-state index contributed by atoms with van der Waals surface area (Å²) in [5, 5.41) is 4.49. The van der Waals surface area contributed by atoms with E-state index in [-0.39, 0.29) is 17.5 Å². The van der Waals surface area contributed by atoms with Gasteiger partial charge in [-0.2, -0.15) is 5.10 Å². The second-order valence-corrected chi connectivity index (χ2v) is 6.44. The molecule has 0 aliphatic carbocycles. The molecule has 1 amide bonds. The maximum atomic E-state index is 14.1. The molecular formula is C18H15FN6O2. The summed E-state index contributed by atoms with van der Waals surface area (Å²) in [4.78, 5) is 26.3. The summed E-state index contributed by atoms with van der Waals surface area (Å²) >= 11 is 0. The number of aromatic nitrogens is 5. The molecular weight excluding hydrogens is 351 g/mol. The van der Waals surface area contributed by atoms with Crippen LogP contribution in [0.2, 0.25) is 0 Å². The van der Waals surface area contributed by atoms with Crippen LogP contribution in [-0.4, -0.2) is 41.9 Å². The summed E-state index contributed by atoms with van der Waals surface area (Å²) < 4.78 is 20.9. The van der Waals surface area contributed by atoms with Crippen LogP contribution in [-0.2, 0) is 6.42 Å². The molecule has 0 spiro atoms. The van der Waals surface area contributed by atoms with Crippen molar-refractivity contribution in [2.24, 2.45) is 0 Å². The van der Waals surface area contributed by atoms with Crippen LogP contribution in [0.5, 0.6) is 0 Å². The zero-order valence-corrected chi connectivity index (χ0v) is 14.4. The maximum absolute atomic E-state index is 14.1. The molecule has 9 heteroatoms. The van der Waals surface area contributed by atoms with Crippen LogP contribution < -0.4 is 0 Å². The van der Waals surface area contributed by atoms with Crippen LogP contribution >= 0.6 is 0 Å². The first-order valence-corrected chi connectivity index (χ1v) is 8.50. The van der Waals surface area contributed by atoms with Gasteiger partial charge in [0.05, 0.1) is 23.4 Å². The molecule has 1 aliphatic heterocycles. The Balaban J connectivity index is 1.66. The van der Waals surface area contributed by atoms with E-state index in [0.717, 1.165) is 5.69 Å². The minimum absolute atomic E-state index is 0.189. The number of amides is 1. The maximum Gasteiger partial charge on any atom is 0.292 e. The number of carbonyl (C=O) groups excluding carboxylic acids is 1. The quantitative estimate of drug-likeness (QED) is 0.588. The number of fused-ring (bicyclic) bond motifs is 2. The summed E-state index contributed by atoms with van der Waals surface area (Å²) in [5.74, 6) is -0.478. The Hall–Kier alpha value is -3.49. The third-order valence-corrected chi connectivity index (χ3v) is 4.87. The van der Waals surface area contributed by atoms with Gasteiger partial charge in [0.2, 0.25) is 5.76 Å². The molecule has 0 saturated heterocycles. The van der Waals surface area contributed by atoms with Crippen molar-refractivity contribution in [1.82, 2.24) is 29.5 Å². The van der Waals surface area contributed by atoms with Crippen LogP contribution in [0.4, 0.5) is 4.39 Å². The molecule has 27 heavy (non-hydrogen) atoms. The first-order valence-electron chi connectivity index (χ1n) is 8.50. The number of rotatable bonds is 2. The highest BCUT2D eigenvalue weighted by atomic mass is 19.1. The number of aromatic amines is 1. The van der Waals surface area contributed by atoms with E-state index in [2.05, 4.69) is 20.1 Å². The Kier molecular flexibility index (Phi) is 3.36. The number of halogens is 1. The monoisotopic (exact) mass is 366 g/mol. The van der Waals surface area contributed by atoms with Gasteiger partial charge in [-0.1, -0.05) is 0 Å². The van der Waals surface area contributed by atoms with Crippen molar-refractivity contribution in [1.29, 1.82) is 0 Å². The van der Waals surface area contributed by atoms with E-state index >= 15 is 0 Å². The molecule has 0 saturated carbocycles. The van der Waals surface area contributed by atoms with Crippen molar-refractivity contribution < 1.29 is 13.6 Å². The van der Waals surface area contributed by atoms with Crippen LogP contribution in [0.25, 0.3) is 5.52 Å². The molecule has 0 aromatic carbocycles. The summed E-state index contributed by atoms with van der Waals surface area (Å²) in [6.07, 6.45) is 5.15. The van der Waals surface area contributed by atoms with Crippen molar-refractivity contribution in [3.63, 3.8) is 0 Å². The van der Waals surface area contributed by atoms with Gasteiger partial charge in [0, 0.05) is 24.9 Å². The normalized spacial score (nSPS) is 16.7. The highest BCUT2D eigenvalue weighted by Crippen LogP contribution is 2.34. The molecule has 8 nitrogen and oxygen atoms in total. The molecule has 4 aromatic heterocycles. The fourth-order valence-electron chi connectivity index (χ4n) is 3.57. The molecule has 5 rings (SSSR count). The molecule has 1 N–H and O–H groups in total. The third-order valence-electron chi connectivity index (χ3n) is 4.87. The Morgan fingerprint density at radius 1 is 1.41 bits per heavy atom. The molecule has 1 aliphatic rings. The van der Waals surface area contributed by atoms with Gasteiger partial charge in [0.25, 0.3) is 5.91 Å². The summed E-state index contributed by atoms with van der Waals surface area (Å²) in [7, 11) is 0. The lowest BCUT2D eigenvalue weighted by Gasteiger charge is -2.33. The highest BCUT2D eigenvalue weighted by molar-refractivity contribution is 5.93. The molecule has 1 atom stereocenters. The summed E-state index contributed by atoms with van der Waals surface area (Å²) in [5.41, 5.74) is 3.05. The number of oxazole rings is 1. The standard InChI is InChI=1S/C18H15FN6O2/c1-10-17(27-9-22-10)18(26)24-6-4-12-15(21-8-20-12)16(24)13-7-14-11(19)3-2-5-25(14)23-13/h2-3,5,7-9,16H,4,6H2,1H3,(H,20,21)/t16-/m0/s1. The number of nitrogens with one attached hydrogen (secondary N) is 1. The van der Waals surface area contributed by atoms with Gasteiger partial charge in [-0.3, -0.25) is 4.79 Å². The minimum Gasteiger partial charge on any atom is -0.438 e. The minimum atomic E-state index is -0.545. The van der Waals surface area contributed by atoms with E-state index in [9.17, 15) is 9.18 Å². The van der Waals surface area contributed by atoms with Gasteiger partial charge in [-0.05, 0) is 25.1 Å². The first-order chi connectivity index (χ1) is 13.1. The van der Waals surface area contributed by atoms with Crippen molar-refractivity contribution in [3.05, 3.63) is 71.5 Å². The average Bonchev–Trinajstić information content (AvgIpc) is 3.39. The Bertz CT molecular complexity index is 1160. The van der Waals surface area contributed by atoms with Crippen LogP contribution in [0.3, 0.4) is 0 Å². The summed E-state index contributed by atoms with van der Waals surface area (Å²) in [6.45, 7) is 2.17. The van der Waals surface area contributed by atoms with Gasteiger partial charge in [0.1, 0.15) is 17.4 Å². The fraction of sp³-hybridized carbons (Fsp3) is 0.222. The highest BCUT2D eigenvalue weighted by Gasteiger charge is 2.37. The topological polar surface area (TPSA) is 92.3 Å². The van der Waals surface area contributed by atoms with E-state index in [0.29, 0.717) is 35.6 Å². The lowest BCUT2D eigenvalue weighted by Crippen LogP contribution is -2.41. The number of H-pyrrole nitrogens is 1. The number of hydrogen-bond acceptors (Lipinski definition) is 5. The van der Waals surface area contributed by atoms with E-state index in [1.54, 1.807) is 36.5 Å². The number of nitrogens with zero attached hydrogens (tertiary/aromatic N) is 5. The van der Waals surface area contributed by atoms with Gasteiger partial charge < -0.3 is 14.3 Å². The Labute approximate surface area is 152 Å². The zero-order valence-electron chi connectivity index (χ0n) is 14.4. The van der Waals surface area contributed by atoms with Crippen molar-refractivity contribution in [2.75, 3.05) is 6.54 Å². The second-order valence-electron chi connectivity index (χ2n) is 6.44. The summed E-state index contributed by atoms with van der Waals surface area (Å²) in [6, 6.07) is 4.07.